The molecule has 0 N–H and O–H groups in total. The summed E-state index contributed by atoms with van der Waals surface area (Å²) in [6.45, 7) is 4.20. The lowest BCUT2D eigenvalue weighted by Gasteiger charge is -2.20. The predicted octanol–water partition coefficient (Wildman–Crippen LogP) is 4.53. The lowest BCUT2D eigenvalue weighted by Crippen LogP contribution is -2.04. The molecule has 1 aliphatic rings. The van der Waals surface area contributed by atoms with Gasteiger partial charge in [-0.1, -0.05) is 59.7 Å². The van der Waals surface area contributed by atoms with E-state index < -0.39 is 0 Å². The molecule has 102 valence electrons. The molecule has 1 fully saturated rings. The normalized spacial score (nSPS) is 22.2. The van der Waals surface area contributed by atoms with Crippen LogP contribution in [0.2, 0.25) is 0 Å². The lowest BCUT2D eigenvalue weighted by molar-refractivity contribution is -0.117. The Morgan fingerprint density at radius 3 is 1.40 bits per heavy atom. The van der Waals surface area contributed by atoms with Gasteiger partial charge < -0.3 is 0 Å². The van der Waals surface area contributed by atoms with Crippen LogP contribution in [0.5, 0.6) is 0 Å². The van der Waals surface area contributed by atoms with Gasteiger partial charge in [-0.15, -0.1) is 0 Å². The molecule has 1 saturated carbocycles. The van der Waals surface area contributed by atoms with Crippen molar-refractivity contribution in [2.75, 3.05) is 0 Å². The Bertz CT molecular complexity index is 552. The van der Waals surface area contributed by atoms with Crippen LogP contribution < -0.4 is 0 Å². The number of ketones is 1. The van der Waals surface area contributed by atoms with Crippen molar-refractivity contribution in [1.82, 2.24) is 0 Å². The molecule has 1 heteroatoms. The van der Waals surface area contributed by atoms with Gasteiger partial charge in [0.05, 0.1) is 0 Å². The van der Waals surface area contributed by atoms with Crippen LogP contribution in [0.4, 0.5) is 0 Å². The van der Waals surface area contributed by atoms with Crippen molar-refractivity contribution in [3.05, 3.63) is 70.8 Å². The molecule has 2 aromatic rings. The quantitative estimate of drug-likeness (QED) is 0.778. The van der Waals surface area contributed by atoms with E-state index in [9.17, 15) is 4.79 Å². The zero-order valence-corrected chi connectivity index (χ0v) is 12.1. The molecular formula is C19H20O. The van der Waals surface area contributed by atoms with E-state index in [1.165, 1.54) is 22.3 Å². The third-order valence-corrected chi connectivity index (χ3v) is 4.39. The van der Waals surface area contributed by atoms with Crippen molar-refractivity contribution in [1.29, 1.82) is 0 Å². The van der Waals surface area contributed by atoms with Gasteiger partial charge in [0.1, 0.15) is 5.78 Å². The van der Waals surface area contributed by atoms with Crippen LogP contribution in [-0.2, 0) is 4.79 Å². The minimum atomic E-state index is 0.339. The minimum Gasteiger partial charge on any atom is -0.300 e. The fraction of sp³-hybridized carbons (Fsp3) is 0.316. The molecule has 2 atom stereocenters. The van der Waals surface area contributed by atoms with Gasteiger partial charge in [0, 0.05) is 12.8 Å². The van der Waals surface area contributed by atoms with Gasteiger partial charge in [-0.05, 0) is 36.8 Å². The monoisotopic (exact) mass is 264 g/mol. The van der Waals surface area contributed by atoms with Gasteiger partial charge in [0.15, 0.2) is 0 Å². The maximum absolute atomic E-state index is 11.9. The molecule has 0 aromatic heterocycles. The summed E-state index contributed by atoms with van der Waals surface area (Å²) in [5.74, 6) is 1.07. The Morgan fingerprint density at radius 1 is 0.700 bits per heavy atom. The van der Waals surface area contributed by atoms with Crippen LogP contribution in [0.25, 0.3) is 0 Å². The summed E-state index contributed by atoms with van der Waals surface area (Å²) in [7, 11) is 0. The van der Waals surface area contributed by atoms with E-state index in [0.29, 0.717) is 30.5 Å². The SMILES string of the molecule is Cc1ccc([C@@H]2CC(=O)C[C@H]2c2ccc(C)cc2)cc1. The van der Waals surface area contributed by atoms with E-state index in [0.717, 1.165) is 0 Å². The first-order valence-electron chi connectivity index (χ1n) is 7.28. The first-order chi connectivity index (χ1) is 9.63. The maximum atomic E-state index is 11.9. The fourth-order valence-electron chi connectivity index (χ4n) is 3.19. The molecule has 0 unspecified atom stereocenters. The molecule has 0 aliphatic heterocycles. The number of rotatable bonds is 2. The highest BCUT2D eigenvalue weighted by Crippen LogP contribution is 2.44. The van der Waals surface area contributed by atoms with E-state index in [4.69, 9.17) is 0 Å². The Hall–Kier alpha value is -1.89. The highest BCUT2D eigenvalue weighted by molar-refractivity contribution is 5.83. The zero-order chi connectivity index (χ0) is 14.1. The van der Waals surface area contributed by atoms with E-state index in [-0.39, 0.29) is 0 Å². The summed E-state index contributed by atoms with van der Waals surface area (Å²) < 4.78 is 0. The summed E-state index contributed by atoms with van der Waals surface area (Å²) in [6, 6.07) is 17.3. The molecule has 0 heterocycles. The predicted molar refractivity (Wildman–Crippen MR) is 82.1 cm³/mol. The van der Waals surface area contributed by atoms with E-state index >= 15 is 0 Å². The lowest BCUT2D eigenvalue weighted by atomic mass is 9.84. The average molecular weight is 264 g/mol. The first kappa shape index (κ1) is 13.1. The molecule has 0 radical (unpaired) electrons. The number of hydrogen-bond acceptors (Lipinski definition) is 1. The van der Waals surface area contributed by atoms with E-state index in [1.807, 2.05) is 0 Å². The number of benzene rings is 2. The van der Waals surface area contributed by atoms with Gasteiger partial charge >= 0.3 is 0 Å². The highest BCUT2D eigenvalue weighted by atomic mass is 16.1. The minimum absolute atomic E-state index is 0.339. The maximum Gasteiger partial charge on any atom is 0.134 e. The molecule has 1 nitrogen and oxygen atoms in total. The van der Waals surface area contributed by atoms with Crippen LogP contribution in [-0.4, -0.2) is 5.78 Å². The van der Waals surface area contributed by atoms with Crippen molar-refractivity contribution in [2.24, 2.45) is 0 Å². The van der Waals surface area contributed by atoms with Crippen LogP contribution in [0.3, 0.4) is 0 Å². The second kappa shape index (κ2) is 5.24. The number of aryl methyl sites for hydroxylation is 2. The summed E-state index contributed by atoms with van der Waals surface area (Å²) in [6.07, 6.45) is 1.36. The highest BCUT2D eigenvalue weighted by Gasteiger charge is 2.34. The Balaban J connectivity index is 1.94. The zero-order valence-electron chi connectivity index (χ0n) is 12.1. The van der Waals surface area contributed by atoms with Gasteiger partial charge in [0.25, 0.3) is 0 Å². The average Bonchev–Trinajstić information content (AvgIpc) is 2.82. The summed E-state index contributed by atoms with van der Waals surface area (Å²) in [4.78, 5) is 11.9. The molecule has 3 rings (SSSR count). The van der Waals surface area contributed by atoms with Gasteiger partial charge in [-0.25, -0.2) is 0 Å². The van der Waals surface area contributed by atoms with Crippen molar-refractivity contribution < 1.29 is 4.79 Å². The van der Waals surface area contributed by atoms with Gasteiger partial charge in [0.2, 0.25) is 0 Å². The Kier molecular flexibility index (Phi) is 3.43. The number of carbonyl (C=O) groups is 1. The first-order valence-corrected chi connectivity index (χ1v) is 7.28. The Morgan fingerprint density at radius 2 is 1.05 bits per heavy atom. The van der Waals surface area contributed by atoms with Crippen LogP contribution in [0.15, 0.2) is 48.5 Å². The van der Waals surface area contributed by atoms with Crippen LogP contribution in [0.1, 0.15) is 46.9 Å². The third kappa shape index (κ3) is 2.53. The molecular weight excluding hydrogens is 244 g/mol. The van der Waals surface area contributed by atoms with Crippen molar-refractivity contribution in [3.63, 3.8) is 0 Å². The summed E-state index contributed by atoms with van der Waals surface area (Å²) in [5.41, 5.74) is 5.13. The summed E-state index contributed by atoms with van der Waals surface area (Å²) in [5, 5.41) is 0. The largest absolute Gasteiger partial charge is 0.300 e. The number of hydrogen-bond donors (Lipinski definition) is 0. The molecule has 0 amide bonds. The van der Waals surface area contributed by atoms with Crippen molar-refractivity contribution in [2.45, 2.75) is 38.5 Å². The molecule has 0 saturated heterocycles. The number of carbonyl (C=O) groups excluding carboxylic acids is 1. The second-order valence-electron chi connectivity index (χ2n) is 5.98. The van der Waals surface area contributed by atoms with E-state index in [2.05, 4.69) is 62.4 Å². The standard InChI is InChI=1S/C19H20O/c1-13-3-7-15(8-4-13)18-11-17(20)12-19(18)16-9-5-14(2)6-10-16/h3-10,18-19H,11-12H2,1-2H3/t18-,19-/m0/s1. The third-order valence-electron chi connectivity index (χ3n) is 4.39. The summed E-state index contributed by atoms with van der Waals surface area (Å²) >= 11 is 0. The fourth-order valence-corrected chi connectivity index (χ4v) is 3.19. The molecule has 0 bridgehead atoms. The molecule has 0 spiro atoms. The number of Topliss-reactive ketones (excluding diaryl/α,β-unsaturated/α-hetero) is 1. The van der Waals surface area contributed by atoms with Gasteiger partial charge in [-0.2, -0.15) is 0 Å². The smallest absolute Gasteiger partial charge is 0.134 e. The van der Waals surface area contributed by atoms with Crippen molar-refractivity contribution in [3.8, 4) is 0 Å². The molecule has 2 aromatic carbocycles. The van der Waals surface area contributed by atoms with Crippen LogP contribution >= 0.6 is 0 Å². The molecule has 20 heavy (non-hydrogen) atoms. The van der Waals surface area contributed by atoms with Crippen molar-refractivity contribution >= 4 is 5.78 Å². The molecule has 1 aliphatic carbocycles. The topological polar surface area (TPSA) is 17.1 Å². The van der Waals surface area contributed by atoms with Gasteiger partial charge in [-0.3, -0.25) is 4.79 Å². The Labute approximate surface area is 120 Å². The second-order valence-corrected chi connectivity index (χ2v) is 5.98. The van der Waals surface area contributed by atoms with Crippen LogP contribution in [0, 0.1) is 13.8 Å². The van der Waals surface area contributed by atoms with E-state index in [1.54, 1.807) is 0 Å².